The number of nitrogen functional groups attached to an aromatic ring is 1. The highest BCUT2D eigenvalue weighted by Crippen LogP contribution is 2.35. The third-order valence-corrected chi connectivity index (χ3v) is 5.31. The Labute approximate surface area is 154 Å². The number of hydrogen-bond donors (Lipinski definition) is 1. The van der Waals surface area contributed by atoms with E-state index in [0.717, 1.165) is 16.8 Å². The van der Waals surface area contributed by atoms with Gasteiger partial charge in [0.2, 0.25) is 6.54 Å². The first-order valence-corrected chi connectivity index (χ1v) is 9.14. The van der Waals surface area contributed by atoms with Crippen LogP contribution in [0.25, 0.3) is 16.1 Å². The van der Waals surface area contributed by atoms with Crippen molar-refractivity contribution in [2.75, 3.05) is 19.4 Å². The van der Waals surface area contributed by atoms with Crippen LogP contribution < -0.4 is 5.73 Å². The lowest BCUT2D eigenvalue weighted by Crippen LogP contribution is -2.20. The predicted octanol–water partition coefficient (Wildman–Crippen LogP) is 3.15. The minimum Gasteiger partial charge on any atom is -0.383 e. The number of ether oxygens (including phenoxy) is 1. The molecule has 7 heteroatoms. The molecule has 1 aliphatic carbocycles. The standard InChI is InChI=1S/C19H26N6O/c1-13(26-3)8-16-18(22-12-23-19(16)20)15-9-24-25(11-15)17(10-21-2)14-6-4-5-7-14/h9,11-14,17H,4-8,10H2,1,3H3,(H2,20,22,23)/t13?,17-/m1/s1. The highest BCUT2D eigenvalue weighted by Gasteiger charge is 2.29. The molecule has 7 nitrogen and oxygen atoms in total. The van der Waals surface area contributed by atoms with Gasteiger partial charge in [-0.3, -0.25) is 4.68 Å². The van der Waals surface area contributed by atoms with E-state index in [1.165, 1.54) is 32.0 Å². The third kappa shape index (κ3) is 3.86. The summed E-state index contributed by atoms with van der Waals surface area (Å²) in [7, 11) is 1.68. The van der Waals surface area contributed by atoms with Gasteiger partial charge in [0.1, 0.15) is 18.2 Å². The van der Waals surface area contributed by atoms with Crippen molar-refractivity contribution in [1.82, 2.24) is 19.7 Å². The first kappa shape index (κ1) is 18.3. The van der Waals surface area contributed by atoms with E-state index in [0.29, 0.717) is 24.7 Å². The number of rotatable bonds is 7. The van der Waals surface area contributed by atoms with Crippen molar-refractivity contribution in [2.24, 2.45) is 5.92 Å². The molecule has 0 saturated heterocycles. The molecule has 1 fully saturated rings. The van der Waals surface area contributed by atoms with Crippen molar-refractivity contribution >= 4 is 5.82 Å². The molecule has 26 heavy (non-hydrogen) atoms. The van der Waals surface area contributed by atoms with Crippen molar-refractivity contribution in [3.05, 3.63) is 35.7 Å². The summed E-state index contributed by atoms with van der Waals surface area (Å²) >= 11 is 0. The lowest BCUT2D eigenvalue weighted by Gasteiger charge is -2.18. The van der Waals surface area contributed by atoms with Crippen LogP contribution in [0, 0.1) is 12.5 Å². The lowest BCUT2D eigenvalue weighted by molar-refractivity contribution is 0.119. The molecule has 2 aromatic heterocycles. The van der Waals surface area contributed by atoms with E-state index >= 15 is 0 Å². The van der Waals surface area contributed by atoms with Gasteiger partial charge in [0, 0.05) is 30.9 Å². The topological polar surface area (TPSA) is 83.2 Å². The largest absolute Gasteiger partial charge is 0.383 e. The molecule has 3 rings (SSSR count). The summed E-state index contributed by atoms with van der Waals surface area (Å²) in [5.41, 5.74) is 8.68. The van der Waals surface area contributed by atoms with E-state index in [-0.39, 0.29) is 12.1 Å². The van der Waals surface area contributed by atoms with Gasteiger partial charge in [-0.05, 0) is 25.7 Å². The first-order chi connectivity index (χ1) is 12.6. The second kappa shape index (κ2) is 8.28. The quantitative estimate of drug-likeness (QED) is 0.772. The van der Waals surface area contributed by atoms with E-state index in [2.05, 4.69) is 19.9 Å². The number of methoxy groups -OCH3 is 1. The Hall–Kier alpha value is -2.46. The van der Waals surface area contributed by atoms with Crippen LogP contribution in [-0.2, 0) is 11.2 Å². The molecule has 0 bridgehead atoms. The fraction of sp³-hybridized carbons (Fsp3) is 0.579. The van der Waals surface area contributed by atoms with Crippen LogP contribution in [0.15, 0.2) is 18.7 Å². The molecule has 0 spiro atoms. The molecule has 1 saturated carbocycles. The SMILES string of the molecule is [C-]#[N+]C[C@H](C1CCCC1)n1cc(-c2ncnc(N)c2CC(C)OC)cn1. The second-order valence-electron chi connectivity index (χ2n) is 7.00. The number of anilines is 1. The zero-order chi connectivity index (χ0) is 18.5. The molecular formula is C19H26N6O. The van der Waals surface area contributed by atoms with Crippen LogP contribution in [0.5, 0.6) is 0 Å². The Morgan fingerprint density at radius 2 is 2.15 bits per heavy atom. The van der Waals surface area contributed by atoms with E-state index in [1.807, 2.05) is 24.0 Å². The first-order valence-electron chi connectivity index (χ1n) is 9.14. The molecule has 138 valence electrons. The molecule has 2 N–H and O–H groups in total. The maximum Gasteiger partial charge on any atom is 0.237 e. The number of aromatic nitrogens is 4. The Balaban J connectivity index is 1.92. The lowest BCUT2D eigenvalue weighted by atomic mass is 9.98. The molecule has 1 aliphatic rings. The molecule has 2 heterocycles. The van der Waals surface area contributed by atoms with Gasteiger partial charge in [0.25, 0.3) is 0 Å². The average molecular weight is 354 g/mol. The van der Waals surface area contributed by atoms with Crippen molar-refractivity contribution in [2.45, 2.75) is 51.2 Å². The smallest absolute Gasteiger partial charge is 0.237 e. The molecule has 2 atom stereocenters. The van der Waals surface area contributed by atoms with Gasteiger partial charge in [-0.25, -0.2) is 16.5 Å². The van der Waals surface area contributed by atoms with Crippen molar-refractivity contribution in [3.63, 3.8) is 0 Å². The van der Waals surface area contributed by atoms with Crippen LogP contribution in [0.4, 0.5) is 5.82 Å². The van der Waals surface area contributed by atoms with Gasteiger partial charge < -0.3 is 15.3 Å². The third-order valence-electron chi connectivity index (χ3n) is 5.31. The monoisotopic (exact) mass is 354 g/mol. The molecule has 2 aromatic rings. The minimum atomic E-state index is 0.0189. The highest BCUT2D eigenvalue weighted by molar-refractivity contribution is 5.66. The van der Waals surface area contributed by atoms with E-state index < -0.39 is 0 Å². The van der Waals surface area contributed by atoms with E-state index in [1.54, 1.807) is 7.11 Å². The van der Waals surface area contributed by atoms with E-state index in [4.69, 9.17) is 17.0 Å². The molecule has 0 aliphatic heterocycles. The van der Waals surface area contributed by atoms with Crippen LogP contribution in [0.2, 0.25) is 0 Å². The Morgan fingerprint density at radius 1 is 1.38 bits per heavy atom. The summed E-state index contributed by atoms with van der Waals surface area (Å²) in [6.45, 7) is 9.77. The summed E-state index contributed by atoms with van der Waals surface area (Å²) in [4.78, 5) is 12.2. The highest BCUT2D eigenvalue weighted by atomic mass is 16.5. The second-order valence-corrected chi connectivity index (χ2v) is 7.00. The fourth-order valence-corrected chi connectivity index (χ4v) is 3.77. The minimum absolute atomic E-state index is 0.0189. The van der Waals surface area contributed by atoms with Crippen LogP contribution in [0.1, 0.15) is 44.2 Å². The van der Waals surface area contributed by atoms with Crippen LogP contribution in [-0.4, -0.2) is 39.5 Å². The molecule has 1 unspecified atom stereocenters. The number of nitrogens with zero attached hydrogens (tertiary/aromatic N) is 5. The summed E-state index contributed by atoms with van der Waals surface area (Å²) in [5.74, 6) is 1.00. The van der Waals surface area contributed by atoms with Gasteiger partial charge in [0.15, 0.2) is 0 Å². The summed E-state index contributed by atoms with van der Waals surface area (Å²) in [5, 5.41) is 4.57. The number of hydrogen-bond acceptors (Lipinski definition) is 5. The van der Waals surface area contributed by atoms with Crippen molar-refractivity contribution in [1.29, 1.82) is 0 Å². The van der Waals surface area contributed by atoms with Crippen LogP contribution >= 0.6 is 0 Å². The fourth-order valence-electron chi connectivity index (χ4n) is 3.77. The van der Waals surface area contributed by atoms with Gasteiger partial charge in [-0.15, -0.1) is 0 Å². The normalized spacial score (nSPS) is 17.1. The van der Waals surface area contributed by atoms with Gasteiger partial charge in [-0.2, -0.15) is 5.10 Å². The van der Waals surface area contributed by atoms with Crippen molar-refractivity contribution < 1.29 is 4.74 Å². The van der Waals surface area contributed by atoms with E-state index in [9.17, 15) is 0 Å². The van der Waals surface area contributed by atoms with Crippen LogP contribution in [0.3, 0.4) is 0 Å². The average Bonchev–Trinajstić information content (AvgIpc) is 3.33. The maximum absolute atomic E-state index is 7.31. The predicted molar refractivity (Wildman–Crippen MR) is 100 cm³/mol. The Kier molecular flexibility index (Phi) is 5.84. The summed E-state index contributed by atoms with van der Waals surface area (Å²) < 4.78 is 7.33. The molecule has 0 aromatic carbocycles. The zero-order valence-electron chi connectivity index (χ0n) is 15.4. The summed E-state index contributed by atoms with van der Waals surface area (Å²) in [6, 6.07) is 0.129. The van der Waals surface area contributed by atoms with Gasteiger partial charge >= 0.3 is 0 Å². The molecule has 0 amide bonds. The maximum atomic E-state index is 7.31. The van der Waals surface area contributed by atoms with Gasteiger partial charge in [0.05, 0.1) is 18.0 Å². The molecule has 0 radical (unpaired) electrons. The number of nitrogens with two attached hydrogens (primary N) is 1. The van der Waals surface area contributed by atoms with Gasteiger partial charge in [-0.1, -0.05) is 12.8 Å². The Morgan fingerprint density at radius 3 is 2.85 bits per heavy atom. The Bertz CT molecular complexity index is 775. The summed E-state index contributed by atoms with van der Waals surface area (Å²) in [6.07, 6.45) is 10.8. The molecular weight excluding hydrogens is 328 g/mol. The van der Waals surface area contributed by atoms with Crippen molar-refractivity contribution in [3.8, 4) is 11.3 Å². The zero-order valence-corrected chi connectivity index (χ0v) is 15.4.